The Kier molecular flexibility index (Phi) is 2.32. The van der Waals surface area contributed by atoms with Crippen molar-refractivity contribution in [1.29, 1.82) is 0 Å². The average molecular weight is 205 g/mol. The Morgan fingerprint density at radius 2 is 2.27 bits per heavy atom. The second-order valence-electron chi connectivity index (χ2n) is 3.45. The van der Waals surface area contributed by atoms with Crippen LogP contribution in [0.4, 0.5) is 0 Å². The van der Waals surface area contributed by atoms with Crippen molar-refractivity contribution in [3.05, 3.63) is 24.2 Å². The van der Waals surface area contributed by atoms with E-state index >= 15 is 0 Å². The molecule has 0 bridgehead atoms. The lowest BCUT2D eigenvalue weighted by Gasteiger charge is -2.03. The number of rotatable bonds is 3. The van der Waals surface area contributed by atoms with E-state index < -0.39 is 0 Å². The van der Waals surface area contributed by atoms with Gasteiger partial charge >= 0.3 is 0 Å². The SMILES string of the molecule is CC(C)n1ccc(-n2cc(C=O)nn2)n1. The summed E-state index contributed by atoms with van der Waals surface area (Å²) in [6.07, 6.45) is 4.06. The molecule has 6 nitrogen and oxygen atoms in total. The molecule has 2 aromatic rings. The molecule has 15 heavy (non-hydrogen) atoms. The largest absolute Gasteiger partial charge is 0.296 e. The Balaban J connectivity index is 2.32. The van der Waals surface area contributed by atoms with Crippen LogP contribution in [-0.2, 0) is 0 Å². The zero-order chi connectivity index (χ0) is 10.8. The standard InChI is InChI=1S/C9H11N5O/c1-7(2)13-4-3-9(11-13)14-5-8(6-15)10-12-14/h3-7H,1-2H3. The molecule has 0 aromatic carbocycles. The van der Waals surface area contributed by atoms with E-state index in [1.165, 1.54) is 4.68 Å². The van der Waals surface area contributed by atoms with Crippen molar-refractivity contribution < 1.29 is 4.79 Å². The van der Waals surface area contributed by atoms with Gasteiger partial charge in [-0.15, -0.1) is 5.10 Å². The van der Waals surface area contributed by atoms with Crippen molar-refractivity contribution in [2.45, 2.75) is 19.9 Å². The minimum absolute atomic E-state index is 0.299. The number of carbonyl (C=O) groups is 1. The summed E-state index contributed by atoms with van der Waals surface area (Å²) in [6, 6.07) is 2.12. The Bertz CT molecular complexity index is 470. The van der Waals surface area contributed by atoms with Crippen molar-refractivity contribution in [2.24, 2.45) is 0 Å². The minimum atomic E-state index is 0.299. The average Bonchev–Trinajstić information content (AvgIpc) is 2.86. The van der Waals surface area contributed by atoms with Gasteiger partial charge in [-0.25, -0.2) is 0 Å². The highest BCUT2D eigenvalue weighted by Gasteiger charge is 2.06. The maximum Gasteiger partial charge on any atom is 0.176 e. The van der Waals surface area contributed by atoms with Crippen molar-refractivity contribution in [3.63, 3.8) is 0 Å². The first-order chi connectivity index (χ1) is 7.20. The molecule has 0 radical (unpaired) electrons. The van der Waals surface area contributed by atoms with Gasteiger partial charge in [-0.05, 0) is 13.8 Å². The molecule has 0 N–H and O–H groups in total. The minimum Gasteiger partial charge on any atom is -0.296 e. The molecule has 0 fully saturated rings. The van der Waals surface area contributed by atoms with Crippen molar-refractivity contribution in [3.8, 4) is 5.82 Å². The van der Waals surface area contributed by atoms with Crippen LogP contribution in [0.15, 0.2) is 18.5 Å². The molecule has 6 heteroatoms. The summed E-state index contributed by atoms with van der Waals surface area (Å²) in [5.74, 6) is 0.657. The van der Waals surface area contributed by atoms with Gasteiger partial charge < -0.3 is 0 Å². The lowest BCUT2D eigenvalue weighted by Crippen LogP contribution is -2.03. The fraction of sp³-hybridized carbons (Fsp3) is 0.333. The summed E-state index contributed by atoms with van der Waals surface area (Å²) in [5.41, 5.74) is 0.300. The lowest BCUT2D eigenvalue weighted by molar-refractivity contribution is 0.111. The Morgan fingerprint density at radius 3 is 2.80 bits per heavy atom. The van der Waals surface area contributed by atoms with E-state index in [2.05, 4.69) is 15.4 Å². The molecular weight excluding hydrogens is 194 g/mol. The normalized spacial score (nSPS) is 10.9. The highest BCUT2D eigenvalue weighted by atomic mass is 16.1. The van der Waals surface area contributed by atoms with Gasteiger partial charge in [0.2, 0.25) is 0 Å². The third kappa shape index (κ3) is 1.78. The van der Waals surface area contributed by atoms with Crippen molar-refractivity contribution >= 4 is 6.29 Å². The lowest BCUT2D eigenvalue weighted by atomic mass is 10.4. The van der Waals surface area contributed by atoms with E-state index in [0.29, 0.717) is 23.8 Å². The van der Waals surface area contributed by atoms with E-state index in [-0.39, 0.29) is 0 Å². The van der Waals surface area contributed by atoms with Crippen LogP contribution in [0, 0.1) is 0 Å². The molecule has 0 aliphatic rings. The molecule has 0 aliphatic heterocycles. The smallest absolute Gasteiger partial charge is 0.176 e. The van der Waals surface area contributed by atoms with Crippen molar-refractivity contribution in [1.82, 2.24) is 24.8 Å². The predicted molar refractivity (Wildman–Crippen MR) is 52.9 cm³/mol. The first-order valence-electron chi connectivity index (χ1n) is 4.64. The topological polar surface area (TPSA) is 65.6 Å². The van der Waals surface area contributed by atoms with Crippen LogP contribution in [0.5, 0.6) is 0 Å². The predicted octanol–water partition coefficient (Wildman–Crippen LogP) is 0.857. The number of carbonyl (C=O) groups excluding carboxylic acids is 1. The number of hydrogen-bond donors (Lipinski definition) is 0. The molecule has 0 amide bonds. The molecule has 0 atom stereocenters. The third-order valence-corrected chi connectivity index (χ3v) is 1.99. The van der Waals surface area contributed by atoms with Gasteiger partial charge in [0.05, 0.1) is 6.20 Å². The molecule has 0 unspecified atom stereocenters. The van der Waals surface area contributed by atoms with Gasteiger partial charge in [0.15, 0.2) is 12.1 Å². The molecule has 0 saturated heterocycles. The Morgan fingerprint density at radius 1 is 1.47 bits per heavy atom. The first kappa shape index (κ1) is 9.57. The molecule has 2 rings (SSSR count). The van der Waals surface area contributed by atoms with Crippen molar-refractivity contribution in [2.75, 3.05) is 0 Å². The monoisotopic (exact) mass is 205 g/mol. The van der Waals surface area contributed by atoms with Crippen LogP contribution in [0.2, 0.25) is 0 Å². The molecular formula is C9H11N5O. The molecule has 2 aromatic heterocycles. The summed E-state index contributed by atoms with van der Waals surface area (Å²) in [4.78, 5) is 10.4. The summed E-state index contributed by atoms with van der Waals surface area (Å²) in [5, 5.41) is 11.7. The summed E-state index contributed by atoms with van der Waals surface area (Å²) >= 11 is 0. The van der Waals surface area contributed by atoms with Crippen LogP contribution in [-0.4, -0.2) is 31.1 Å². The van der Waals surface area contributed by atoms with Crippen LogP contribution in [0.3, 0.4) is 0 Å². The Labute approximate surface area is 86.5 Å². The van der Waals surface area contributed by atoms with Crippen LogP contribution < -0.4 is 0 Å². The number of hydrogen-bond acceptors (Lipinski definition) is 4. The second-order valence-corrected chi connectivity index (χ2v) is 3.45. The van der Waals surface area contributed by atoms with E-state index in [1.807, 2.05) is 30.8 Å². The summed E-state index contributed by atoms with van der Waals surface area (Å²) in [7, 11) is 0. The van der Waals surface area contributed by atoms with Gasteiger partial charge in [-0.1, -0.05) is 5.21 Å². The van der Waals surface area contributed by atoms with E-state index in [4.69, 9.17) is 0 Å². The van der Waals surface area contributed by atoms with Gasteiger partial charge in [-0.3, -0.25) is 9.48 Å². The van der Waals surface area contributed by atoms with E-state index in [9.17, 15) is 4.79 Å². The van der Waals surface area contributed by atoms with Gasteiger partial charge in [0.1, 0.15) is 5.69 Å². The molecule has 0 saturated carbocycles. The number of nitrogens with zero attached hydrogens (tertiary/aromatic N) is 5. The molecule has 2 heterocycles. The van der Waals surface area contributed by atoms with Gasteiger partial charge in [-0.2, -0.15) is 9.78 Å². The van der Waals surface area contributed by atoms with Gasteiger partial charge in [0.25, 0.3) is 0 Å². The molecule has 0 aliphatic carbocycles. The zero-order valence-corrected chi connectivity index (χ0v) is 8.53. The van der Waals surface area contributed by atoms with Gasteiger partial charge in [0, 0.05) is 18.3 Å². The quantitative estimate of drug-likeness (QED) is 0.697. The highest BCUT2D eigenvalue weighted by molar-refractivity contribution is 5.70. The molecule has 0 spiro atoms. The first-order valence-corrected chi connectivity index (χ1v) is 4.64. The Hall–Kier alpha value is -1.98. The molecule has 78 valence electrons. The van der Waals surface area contributed by atoms with Crippen LogP contribution >= 0.6 is 0 Å². The third-order valence-electron chi connectivity index (χ3n) is 1.99. The highest BCUT2D eigenvalue weighted by Crippen LogP contribution is 2.07. The fourth-order valence-corrected chi connectivity index (χ4v) is 1.18. The summed E-state index contributed by atoms with van der Waals surface area (Å²) in [6.45, 7) is 4.07. The fourth-order valence-electron chi connectivity index (χ4n) is 1.18. The zero-order valence-electron chi connectivity index (χ0n) is 8.53. The number of aldehydes is 1. The maximum absolute atomic E-state index is 10.4. The maximum atomic E-state index is 10.4. The van der Waals surface area contributed by atoms with E-state index in [0.717, 1.165) is 0 Å². The van der Waals surface area contributed by atoms with Crippen LogP contribution in [0.25, 0.3) is 5.82 Å². The summed E-state index contributed by atoms with van der Waals surface area (Å²) < 4.78 is 3.29. The second kappa shape index (κ2) is 3.64. The van der Waals surface area contributed by atoms with E-state index in [1.54, 1.807) is 6.20 Å². The number of aromatic nitrogens is 5. The van der Waals surface area contributed by atoms with Crippen LogP contribution in [0.1, 0.15) is 30.4 Å².